The predicted molar refractivity (Wildman–Crippen MR) is 142 cm³/mol. The van der Waals surface area contributed by atoms with Crippen LogP contribution in [0, 0.1) is 48.7 Å². The van der Waals surface area contributed by atoms with Gasteiger partial charge in [0.05, 0.1) is 7.14 Å². The molecular weight excluding hydrogens is 598 g/mol. The van der Waals surface area contributed by atoms with Crippen molar-refractivity contribution in [1.82, 2.24) is 0 Å². The highest BCUT2D eigenvalue weighted by Gasteiger charge is 2.12. The molecule has 0 atom stereocenters. The van der Waals surface area contributed by atoms with E-state index in [4.69, 9.17) is 9.47 Å². The molecule has 158 valence electrons. The number of aryl methyl sites for hydroxylation is 6. The molecule has 0 unspecified atom stereocenters. The van der Waals surface area contributed by atoms with Crippen molar-refractivity contribution >= 4 is 45.2 Å². The van der Waals surface area contributed by atoms with Crippen LogP contribution in [-0.4, -0.2) is 0 Å². The van der Waals surface area contributed by atoms with Gasteiger partial charge in [-0.15, -0.1) is 0 Å². The summed E-state index contributed by atoms with van der Waals surface area (Å²) in [5, 5.41) is 0. The SMILES string of the molecule is Cc1cc(C)c(COc2cc(I)c(OCc3c(C)cc(C)cc3C)cc2I)c(C)c1. The van der Waals surface area contributed by atoms with Gasteiger partial charge in [-0.1, -0.05) is 35.4 Å². The lowest BCUT2D eigenvalue weighted by Crippen LogP contribution is -2.05. The second-order valence-electron chi connectivity index (χ2n) is 8.04. The average molecular weight is 626 g/mol. The monoisotopic (exact) mass is 626 g/mol. The van der Waals surface area contributed by atoms with E-state index in [0.29, 0.717) is 13.2 Å². The summed E-state index contributed by atoms with van der Waals surface area (Å²) in [7, 11) is 0. The van der Waals surface area contributed by atoms with Crippen molar-refractivity contribution in [2.75, 3.05) is 0 Å². The maximum Gasteiger partial charge on any atom is 0.134 e. The van der Waals surface area contributed by atoms with Gasteiger partial charge in [0.25, 0.3) is 0 Å². The third-order valence-electron chi connectivity index (χ3n) is 5.41. The van der Waals surface area contributed by atoms with E-state index in [1.165, 1.54) is 44.5 Å². The highest BCUT2D eigenvalue weighted by molar-refractivity contribution is 14.1. The molecule has 3 aromatic rings. The molecule has 0 aliphatic carbocycles. The van der Waals surface area contributed by atoms with Crippen molar-refractivity contribution < 1.29 is 9.47 Å². The second kappa shape index (κ2) is 9.90. The summed E-state index contributed by atoms with van der Waals surface area (Å²) in [4.78, 5) is 0. The quantitative estimate of drug-likeness (QED) is 0.259. The third-order valence-corrected chi connectivity index (χ3v) is 7.10. The summed E-state index contributed by atoms with van der Waals surface area (Å²) < 4.78 is 14.5. The Morgan fingerprint density at radius 2 is 0.833 bits per heavy atom. The minimum absolute atomic E-state index is 0.575. The lowest BCUT2D eigenvalue weighted by Gasteiger charge is -2.17. The predicted octanol–water partition coefficient (Wildman–Crippen LogP) is 7.90. The van der Waals surface area contributed by atoms with E-state index in [1.54, 1.807) is 0 Å². The smallest absolute Gasteiger partial charge is 0.134 e. The molecular formula is C26H28I2O2. The van der Waals surface area contributed by atoms with Gasteiger partial charge in [0, 0.05) is 0 Å². The summed E-state index contributed by atoms with van der Waals surface area (Å²) in [5.41, 5.74) is 10.2. The number of hydrogen-bond donors (Lipinski definition) is 0. The number of ether oxygens (including phenoxy) is 2. The van der Waals surface area contributed by atoms with Crippen LogP contribution >= 0.6 is 45.2 Å². The first-order valence-electron chi connectivity index (χ1n) is 10.0. The Morgan fingerprint density at radius 1 is 0.533 bits per heavy atom. The molecule has 0 heterocycles. The number of rotatable bonds is 6. The third kappa shape index (κ3) is 5.49. The van der Waals surface area contributed by atoms with Crippen LogP contribution in [0.5, 0.6) is 11.5 Å². The summed E-state index contributed by atoms with van der Waals surface area (Å²) in [5.74, 6) is 1.80. The van der Waals surface area contributed by atoms with Crippen molar-refractivity contribution in [3.63, 3.8) is 0 Å². The summed E-state index contributed by atoms with van der Waals surface area (Å²) in [6, 6.07) is 13.0. The fraction of sp³-hybridized carbons (Fsp3) is 0.308. The molecule has 4 heteroatoms. The van der Waals surface area contributed by atoms with Gasteiger partial charge in [0.1, 0.15) is 24.7 Å². The highest BCUT2D eigenvalue weighted by Crippen LogP contribution is 2.33. The Morgan fingerprint density at radius 3 is 1.13 bits per heavy atom. The van der Waals surface area contributed by atoms with E-state index in [1.807, 2.05) is 0 Å². The highest BCUT2D eigenvalue weighted by atomic mass is 127. The number of halogens is 2. The van der Waals surface area contributed by atoms with E-state index < -0.39 is 0 Å². The Hall–Kier alpha value is -1.28. The Bertz CT molecular complexity index is 953. The van der Waals surface area contributed by atoms with Gasteiger partial charge < -0.3 is 9.47 Å². The van der Waals surface area contributed by atoms with Gasteiger partial charge in [-0.05, 0) is 132 Å². The van der Waals surface area contributed by atoms with Crippen LogP contribution < -0.4 is 9.47 Å². The number of benzene rings is 3. The molecule has 0 fully saturated rings. The molecule has 0 aromatic heterocycles. The van der Waals surface area contributed by atoms with E-state index in [0.717, 1.165) is 18.6 Å². The van der Waals surface area contributed by atoms with Gasteiger partial charge in [0.2, 0.25) is 0 Å². The number of hydrogen-bond acceptors (Lipinski definition) is 2. The van der Waals surface area contributed by atoms with Crippen molar-refractivity contribution in [2.45, 2.75) is 54.8 Å². The van der Waals surface area contributed by atoms with E-state index >= 15 is 0 Å². The van der Waals surface area contributed by atoms with Gasteiger partial charge in [-0.3, -0.25) is 0 Å². The van der Waals surface area contributed by atoms with Crippen molar-refractivity contribution in [3.8, 4) is 11.5 Å². The molecule has 0 radical (unpaired) electrons. The fourth-order valence-corrected chi connectivity index (χ4v) is 5.10. The first-order valence-corrected chi connectivity index (χ1v) is 12.2. The molecule has 0 saturated heterocycles. The lowest BCUT2D eigenvalue weighted by atomic mass is 10.0. The minimum Gasteiger partial charge on any atom is -0.488 e. The molecule has 30 heavy (non-hydrogen) atoms. The maximum absolute atomic E-state index is 6.21. The molecule has 0 saturated carbocycles. The summed E-state index contributed by atoms with van der Waals surface area (Å²) in [6.45, 7) is 14.0. The minimum atomic E-state index is 0.575. The average Bonchev–Trinajstić information content (AvgIpc) is 2.63. The maximum atomic E-state index is 6.21. The molecule has 3 aromatic carbocycles. The van der Waals surface area contributed by atoms with Crippen LogP contribution in [0.2, 0.25) is 0 Å². The molecule has 0 spiro atoms. The molecule has 0 bridgehead atoms. The summed E-state index contributed by atoms with van der Waals surface area (Å²) in [6.07, 6.45) is 0. The van der Waals surface area contributed by atoms with E-state index in [-0.39, 0.29) is 0 Å². The van der Waals surface area contributed by atoms with Crippen LogP contribution in [0.1, 0.15) is 44.5 Å². The molecule has 3 rings (SSSR count). The molecule has 0 amide bonds. The second-order valence-corrected chi connectivity index (χ2v) is 10.4. The first-order chi connectivity index (χ1) is 14.2. The summed E-state index contributed by atoms with van der Waals surface area (Å²) >= 11 is 4.66. The molecule has 0 N–H and O–H groups in total. The van der Waals surface area contributed by atoms with Crippen LogP contribution in [0.4, 0.5) is 0 Å². The molecule has 0 aliphatic heterocycles. The Balaban J connectivity index is 1.75. The largest absolute Gasteiger partial charge is 0.488 e. The van der Waals surface area contributed by atoms with Crippen LogP contribution in [-0.2, 0) is 13.2 Å². The van der Waals surface area contributed by atoms with E-state index in [2.05, 4.69) is 123 Å². The van der Waals surface area contributed by atoms with Gasteiger partial charge in [-0.25, -0.2) is 0 Å². The normalized spacial score (nSPS) is 10.9. The molecule has 2 nitrogen and oxygen atoms in total. The Labute approximate surface area is 207 Å². The van der Waals surface area contributed by atoms with Crippen LogP contribution in [0.15, 0.2) is 36.4 Å². The van der Waals surface area contributed by atoms with Gasteiger partial charge in [0.15, 0.2) is 0 Å². The van der Waals surface area contributed by atoms with Crippen LogP contribution in [0.25, 0.3) is 0 Å². The van der Waals surface area contributed by atoms with Gasteiger partial charge >= 0.3 is 0 Å². The van der Waals surface area contributed by atoms with Crippen molar-refractivity contribution in [2.24, 2.45) is 0 Å². The van der Waals surface area contributed by atoms with E-state index in [9.17, 15) is 0 Å². The zero-order valence-electron chi connectivity index (χ0n) is 18.5. The van der Waals surface area contributed by atoms with Crippen LogP contribution in [0.3, 0.4) is 0 Å². The molecule has 0 aliphatic rings. The Kier molecular flexibility index (Phi) is 7.71. The fourth-order valence-electron chi connectivity index (χ4n) is 3.91. The first kappa shape index (κ1) is 23.4. The lowest BCUT2D eigenvalue weighted by molar-refractivity contribution is 0.292. The standard InChI is InChI=1S/C26H28I2O2/c1-15-7-17(3)21(18(4)8-15)13-29-25-11-24(28)26(12-23(25)27)30-14-22-19(5)9-16(2)10-20(22)6/h7-12H,13-14H2,1-6H3. The topological polar surface area (TPSA) is 18.5 Å². The zero-order valence-corrected chi connectivity index (χ0v) is 22.8. The van der Waals surface area contributed by atoms with Gasteiger partial charge in [-0.2, -0.15) is 0 Å². The van der Waals surface area contributed by atoms with Crippen molar-refractivity contribution in [1.29, 1.82) is 0 Å². The van der Waals surface area contributed by atoms with Crippen molar-refractivity contribution in [3.05, 3.63) is 88.0 Å². The zero-order chi connectivity index (χ0) is 22.0.